The van der Waals surface area contributed by atoms with Crippen molar-refractivity contribution in [1.29, 1.82) is 0 Å². The molecule has 0 unspecified atom stereocenters. The van der Waals surface area contributed by atoms with Gasteiger partial charge in [0, 0.05) is 36.0 Å². The van der Waals surface area contributed by atoms with E-state index in [2.05, 4.69) is 9.97 Å². The third kappa shape index (κ3) is 3.54. The summed E-state index contributed by atoms with van der Waals surface area (Å²) in [5.74, 6) is -0.0410. The maximum absolute atomic E-state index is 13.1. The number of hydrogen-bond donors (Lipinski definition) is 1. The van der Waals surface area contributed by atoms with Crippen LogP contribution in [0.15, 0.2) is 58.5 Å². The van der Waals surface area contributed by atoms with Gasteiger partial charge in [0.1, 0.15) is 5.82 Å². The molecule has 0 atom stereocenters. The second-order valence-corrected chi connectivity index (χ2v) is 7.54. The number of rotatable bonds is 3. The molecule has 0 saturated heterocycles. The van der Waals surface area contributed by atoms with Gasteiger partial charge in [0.05, 0.1) is 4.90 Å². The number of hydrogen-bond acceptors (Lipinski definition) is 4. The van der Waals surface area contributed by atoms with Crippen LogP contribution in [-0.4, -0.2) is 29.2 Å². The maximum Gasteiger partial charge on any atom is 0.434 e. The Kier molecular flexibility index (Phi) is 4.23. The summed E-state index contributed by atoms with van der Waals surface area (Å²) < 4.78 is 63.5. The van der Waals surface area contributed by atoms with E-state index in [0.29, 0.717) is 5.69 Å². The number of benzene rings is 1. The molecule has 1 aromatic carbocycles. The Morgan fingerprint density at radius 3 is 2.23 bits per heavy atom. The SMILES string of the molecule is CS(=O)(=O)c1ccc(-n2cc(C(F)(F)F)nc2-c2ccc(=O)[nH]c2)cc1. The first-order valence-electron chi connectivity index (χ1n) is 7.22. The quantitative estimate of drug-likeness (QED) is 0.754. The topological polar surface area (TPSA) is 84.8 Å². The highest BCUT2D eigenvalue weighted by Crippen LogP contribution is 2.32. The van der Waals surface area contributed by atoms with Gasteiger partial charge >= 0.3 is 6.18 Å². The number of H-pyrrole nitrogens is 1. The van der Waals surface area contributed by atoms with Crippen molar-refractivity contribution in [2.75, 3.05) is 6.26 Å². The predicted octanol–water partition coefficient (Wildman–Crippen LogP) is 2.65. The predicted molar refractivity (Wildman–Crippen MR) is 87.7 cm³/mol. The minimum absolute atomic E-state index is 0.0410. The molecule has 0 radical (unpaired) electrons. The average molecular weight is 383 g/mol. The number of aromatic amines is 1. The molecule has 3 aromatic rings. The van der Waals surface area contributed by atoms with Gasteiger partial charge in [0.25, 0.3) is 0 Å². The molecule has 0 spiro atoms. The molecule has 0 aliphatic rings. The molecule has 3 rings (SSSR count). The average Bonchev–Trinajstić information content (AvgIpc) is 3.00. The zero-order chi connectivity index (χ0) is 19.1. The fraction of sp³-hybridized carbons (Fsp3) is 0.125. The van der Waals surface area contributed by atoms with E-state index in [1.165, 1.54) is 47.2 Å². The normalized spacial score (nSPS) is 12.3. The van der Waals surface area contributed by atoms with Crippen LogP contribution < -0.4 is 5.56 Å². The molecule has 0 aliphatic heterocycles. The number of sulfone groups is 1. The summed E-state index contributed by atoms with van der Waals surface area (Å²) in [6.45, 7) is 0. The Hall–Kier alpha value is -2.88. The Morgan fingerprint density at radius 1 is 1.08 bits per heavy atom. The highest BCUT2D eigenvalue weighted by atomic mass is 32.2. The molecule has 10 heteroatoms. The number of halogens is 3. The van der Waals surface area contributed by atoms with Crippen LogP contribution in [0.2, 0.25) is 0 Å². The second-order valence-electron chi connectivity index (χ2n) is 5.53. The number of nitrogens with zero attached hydrogens (tertiary/aromatic N) is 2. The smallest absolute Gasteiger partial charge is 0.328 e. The van der Waals surface area contributed by atoms with E-state index >= 15 is 0 Å². The fourth-order valence-corrected chi connectivity index (χ4v) is 2.95. The third-order valence-corrected chi connectivity index (χ3v) is 4.71. The molecule has 0 aliphatic carbocycles. The molecule has 0 bridgehead atoms. The van der Waals surface area contributed by atoms with Gasteiger partial charge < -0.3 is 4.98 Å². The largest absolute Gasteiger partial charge is 0.434 e. The Morgan fingerprint density at radius 2 is 1.73 bits per heavy atom. The molecule has 1 N–H and O–H groups in total. The van der Waals surface area contributed by atoms with E-state index in [-0.39, 0.29) is 16.3 Å². The van der Waals surface area contributed by atoms with E-state index in [4.69, 9.17) is 0 Å². The summed E-state index contributed by atoms with van der Waals surface area (Å²) in [6.07, 6.45) is -1.55. The lowest BCUT2D eigenvalue weighted by Gasteiger charge is -2.08. The molecular formula is C16H12F3N3O3S. The molecule has 136 valence electrons. The highest BCUT2D eigenvalue weighted by molar-refractivity contribution is 7.90. The van der Waals surface area contributed by atoms with E-state index in [1.54, 1.807) is 0 Å². The summed E-state index contributed by atoms with van der Waals surface area (Å²) in [4.78, 5) is 17.2. The number of imidazole rings is 1. The van der Waals surface area contributed by atoms with E-state index < -0.39 is 27.3 Å². The number of alkyl halides is 3. The Labute approximate surface area is 145 Å². The Bertz CT molecular complexity index is 1090. The van der Waals surface area contributed by atoms with E-state index in [9.17, 15) is 26.4 Å². The van der Waals surface area contributed by atoms with Crippen molar-refractivity contribution < 1.29 is 21.6 Å². The first-order chi connectivity index (χ1) is 12.1. The molecule has 26 heavy (non-hydrogen) atoms. The van der Waals surface area contributed by atoms with Crippen molar-refractivity contribution in [2.45, 2.75) is 11.1 Å². The monoisotopic (exact) mass is 383 g/mol. The van der Waals surface area contributed by atoms with Gasteiger partial charge in [0.2, 0.25) is 5.56 Å². The van der Waals surface area contributed by atoms with E-state index in [0.717, 1.165) is 12.5 Å². The molecular weight excluding hydrogens is 371 g/mol. The number of aromatic nitrogens is 3. The van der Waals surface area contributed by atoms with Crippen LogP contribution in [0.25, 0.3) is 17.1 Å². The molecule has 0 amide bonds. The van der Waals surface area contributed by atoms with Crippen LogP contribution in [0.5, 0.6) is 0 Å². The van der Waals surface area contributed by atoms with Crippen LogP contribution >= 0.6 is 0 Å². The molecule has 6 nitrogen and oxygen atoms in total. The lowest BCUT2D eigenvalue weighted by atomic mass is 10.2. The van der Waals surface area contributed by atoms with Crippen molar-refractivity contribution >= 4 is 9.84 Å². The lowest BCUT2D eigenvalue weighted by Crippen LogP contribution is -2.05. The third-order valence-electron chi connectivity index (χ3n) is 3.58. The summed E-state index contributed by atoms with van der Waals surface area (Å²) in [5, 5.41) is 0. The van der Waals surface area contributed by atoms with Crippen molar-refractivity contribution in [1.82, 2.24) is 14.5 Å². The molecule has 2 aromatic heterocycles. The van der Waals surface area contributed by atoms with Gasteiger partial charge in [-0.3, -0.25) is 9.36 Å². The van der Waals surface area contributed by atoms with Gasteiger partial charge in [-0.1, -0.05) is 0 Å². The standard InChI is InChI=1S/C16H12F3N3O3S/c1-26(24,25)12-5-3-11(4-6-12)22-9-13(16(17,18)19)21-15(22)10-2-7-14(23)20-8-10/h2-9H,1H3,(H,20,23). The van der Waals surface area contributed by atoms with Crippen molar-refractivity contribution in [3.63, 3.8) is 0 Å². The van der Waals surface area contributed by atoms with Crippen LogP contribution in [0.3, 0.4) is 0 Å². The zero-order valence-corrected chi connectivity index (χ0v) is 14.1. The minimum atomic E-state index is -4.66. The van der Waals surface area contributed by atoms with Crippen molar-refractivity contribution in [3.8, 4) is 17.1 Å². The van der Waals surface area contributed by atoms with Gasteiger partial charge in [-0.05, 0) is 30.3 Å². The van der Waals surface area contributed by atoms with Crippen LogP contribution in [0.1, 0.15) is 5.69 Å². The van der Waals surface area contributed by atoms with Gasteiger partial charge in [-0.25, -0.2) is 13.4 Å². The van der Waals surface area contributed by atoms with Gasteiger partial charge in [-0.15, -0.1) is 0 Å². The summed E-state index contributed by atoms with van der Waals surface area (Å²) in [5.41, 5.74) is -0.944. The van der Waals surface area contributed by atoms with Crippen molar-refractivity contribution in [2.24, 2.45) is 0 Å². The van der Waals surface area contributed by atoms with Crippen LogP contribution in [-0.2, 0) is 16.0 Å². The fourth-order valence-electron chi connectivity index (χ4n) is 2.32. The van der Waals surface area contributed by atoms with Gasteiger partial charge in [-0.2, -0.15) is 13.2 Å². The van der Waals surface area contributed by atoms with Gasteiger partial charge in [0.15, 0.2) is 15.5 Å². The summed E-state index contributed by atoms with van der Waals surface area (Å²) >= 11 is 0. The molecule has 0 fully saturated rings. The second kappa shape index (κ2) is 6.13. The highest BCUT2D eigenvalue weighted by Gasteiger charge is 2.35. The summed E-state index contributed by atoms with van der Waals surface area (Å²) in [6, 6.07) is 7.89. The molecule has 2 heterocycles. The van der Waals surface area contributed by atoms with Crippen LogP contribution in [0, 0.1) is 0 Å². The zero-order valence-electron chi connectivity index (χ0n) is 13.3. The molecule has 0 saturated carbocycles. The summed E-state index contributed by atoms with van der Waals surface area (Å²) in [7, 11) is -3.43. The first kappa shape index (κ1) is 17.9. The number of pyridine rings is 1. The number of nitrogens with one attached hydrogen (secondary N) is 1. The first-order valence-corrected chi connectivity index (χ1v) is 9.11. The minimum Gasteiger partial charge on any atom is -0.328 e. The van der Waals surface area contributed by atoms with Crippen LogP contribution in [0.4, 0.5) is 13.2 Å². The van der Waals surface area contributed by atoms with E-state index in [1.807, 2.05) is 0 Å². The maximum atomic E-state index is 13.1. The lowest BCUT2D eigenvalue weighted by molar-refractivity contribution is -0.140. The van der Waals surface area contributed by atoms with Crippen molar-refractivity contribution in [3.05, 3.63) is 64.8 Å². The Balaban J connectivity index is 2.18.